The van der Waals surface area contributed by atoms with Crippen molar-refractivity contribution >= 4 is 17.0 Å². The van der Waals surface area contributed by atoms with Gasteiger partial charge in [-0.05, 0) is 52.3 Å². The molecule has 3 rings (SSSR count). The number of hydrogen-bond donors (Lipinski definition) is 1. The molecule has 1 aromatic carbocycles. The fourth-order valence-corrected chi connectivity index (χ4v) is 3.30. The number of amides is 1. The zero-order chi connectivity index (χ0) is 23.3. The summed E-state index contributed by atoms with van der Waals surface area (Å²) in [5.74, 6) is 1.67. The quantitative estimate of drug-likeness (QED) is 0.507. The number of benzene rings is 1. The molecular weight excluding hydrogens is 416 g/mol. The second-order valence-corrected chi connectivity index (χ2v) is 7.00. The van der Waals surface area contributed by atoms with E-state index < -0.39 is 0 Å². The Morgan fingerprint density at radius 3 is 2.28 bits per heavy atom. The van der Waals surface area contributed by atoms with Gasteiger partial charge in [-0.25, -0.2) is 0 Å². The molecule has 0 radical (unpaired) electrons. The third-order valence-electron chi connectivity index (χ3n) is 4.72. The maximum absolute atomic E-state index is 12.8. The molecule has 0 saturated heterocycles. The van der Waals surface area contributed by atoms with E-state index in [1.807, 2.05) is 32.9 Å². The van der Waals surface area contributed by atoms with Gasteiger partial charge >= 0.3 is 0 Å². The Morgan fingerprint density at radius 2 is 1.69 bits per heavy atom. The van der Waals surface area contributed by atoms with Crippen LogP contribution in [0.2, 0.25) is 0 Å². The molecule has 1 amide bonds. The second kappa shape index (κ2) is 10.2. The first-order valence-corrected chi connectivity index (χ1v) is 10.5. The Kier molecular flexibility index (Phi) is 7.34. The fourth-order valence-electron chi connectivity index (χ4n) is 3.30. The van der Waals surface area contributed by atoms with Crippen LogP contribution in [0.3, 0.4) is 0 Å². The van der Waals surface area contributed by atoms with E-state index in [9.17, 15) is 9.59 Å². The molecule has 10 heteroatoms. The van der Waals surface area contributed by atoms with E-state index in [1.165, 1.54) is 4.57 Å². The van der Waals surface area contributed by atoms with Gasteiger partial charge in [0.25, 0.3) is 11.3 Å². The minimum atomic E-state index is -0.361. The van der Waals surface area contributed by atoms with Gasteiger partial charge < -0.3 is 24.1 Å². The molecule has 10 nitrogen and oxygen atoms in total. The van der Waals surface area contributed by atoms with Gasteiger partial charge in [-0.2, -0.15) is 4.98 Å². The van der Waals surface area contributed by atoms with Crippen LogP contribution in [-0.2, 0) is 17.9 Å². The van der Waals surface area contributed by atoms with Crippen LogP contribution in [0, 0.1) is 13.8 Å². The molecule has 3 aromatic rings. The molecule has 32 heavy (non-hydrogen) atoms. The van der Waals surface area contributed by atoms with Gasteiger partial charge in [-0.1, -0.05) is 5.16 Å². The van der Waals surface area contributed by atoms with Crippen molar-refractivity contribution in [2.24, 2.45) is 0 Å². The highest BCUT2D eigenvalue weighted by molar-refractivity contribution is 5.78. The Hall–Kier alpha value is -3.56. The summed E-state index contributed by atoms with van der Waals surface area (Å²) in [7, 11) is 0. The number of nitrogens with one attached hydrogen (secondary N) is 1. The lowest BCUT2D eigenvalue weighted by molar-refractivity contribution is -0.121. The molecule has 0 aliphatic rings. The van der Waals surface area contributed by atoms with E-state index in [0.29, 0.717) is 48.6 Å². The van der Waals surface area contributed by atoms with E-state index in [0.717, 1.165) is 5.56 Å². The largest absolute Gasteiger partial charge is 0.490 e. The summed E-state index contributed by atoms with van der Waals surface area (Å²) in [5, 5.41) is 6.88. The van der Waals surface area contributed by atoms with Crippen LogP contribution in [-0.4, -0.2) is 40.4 Å². The standard InChI is InChI=1S/C22H28N4O6/c1-6-29-16-9-15(10-17(30-7-2)20(16)31-8-3)11-23-18(27)12-26-14(5)24-21-19(22(26)28)13(4)25-32-21/h9-10H,6-8,11-12H2,1-5H3,(H,23,27). The predicted molar refractivity (Wildman–Crippen MR) is 117 cm³/mol. The van der Waals surface area contributed by atoms with Gasteiger partial charge in [0.15, 0.2) is 11.5 Å². The molecule has 0 unspecified atom stereocenters. The van der Waals surface area contributed by atoms with Gasteiger partial charge in [0.2, 0.25) is 11.7 Å². The van der Waals surface area contributed by atoms with Crippen LogP contribution in [0.4, 0.5) is 0 Å². The lowest BCUT2D eigenvalue weighted by Crippen LogP contribution is -2.33. The monoisotopic (exact) mass is 444 g/mol. The molecule has 0 bridgehead atoms. The number of carbonyl (C=O) groups excluding carboxylic acids is 1. The maximum atomic E-state index is 12.8. The number of ether oxygens (including phenoxy) is 3. The molecule has 0 aliphatic carbocycles. The molecule has 0 saturated carbocycles. The number of aryl methyl sites for hydroxylation is 2. The first-order chi connectivity index (χ1) is 15.4. The zero-order valence-corrected chi connectivity index (χ0v) is 19.0. The number of nitrogens with zero attached hydrogens (tertiary/aromatic N) is 3. The predicted octanol–water partition coefficient (Wildman–Crippen LogP) is 2.51. The average molecular weight is 444 g/mol. The molecule has 0 fully saturated rings. The second-order valence-electron chi connectivity index (χ2n) is 7.00. The van der Waals surface area contributed by atoms with E-state index >= 15 is 0 Å². The molecular formula is C22H28N4O6. The van der Waals surface area contributed by atoms with E-state index in [1.54, 1.807) is 13.8 Å². The van der Waals surface area contributed by atoms with Crippen molar-refractivity contribution < 1.29 is 23.5 Å². The van der Waals surface area contributed by atoms with Crippen LogP contribution in [0.1, 0.15) is 37.9 Å². The summed E-state index contributed by atoms with van der Waals surface area (Å²) in [6, 6.07) is 3.62. The number of fused-ring (bicyclic) bond motifs is 1. The van der Waals surface area contributed by atoms with Gasteiger partial charge in [-0.15, -0.1) is 0 Å². The van der Waals surface area contributed by atoms with Gasteiger partial charge in [-0.3, -0.25) is 14.2 Å². The van der Waals surface area contributed by atoms with Crippen molar-refractivity contribution in [3.63, 3.8) is 0 Å². The van der Waals surface area contributed by atoms with Crippen LogP contribution in [0.25, 0.3) is 11.1 Å². The average Bonchev–Trinajstić information content (AvgIpc) is 3.12. The summed E-state index contributed by atoms with van der Waals surface area (Å²) in [5.41, 5.74) is 1.02. The summed E-state index contributed by atoms with van der Waals surface area (Å²) in [4.78, 5) is 29.6. The number of aromatic nitrogens is 3. The molecule has 1 N–H and O–H groups in total. The van der Waals surface area contributed by atoms with Crippen LogP contribution < -0.4 is 25.1 Å². The molecule has 0 atom stereocenters. The van der Waals surface area contributed by atoms with Crippen molar-refractivity contribution in [2.45, 2.75) is 47.7 Å². The highest BCUT2D eigenvalue weighted by Crippen LogP contribution is 2.39. The highest BCUT2D eigenvalue weighted by Gasteiger charge is 2.18. The minimum absolute atomic E-state index is 0.169. The summed E-state index contributed by atoms with van der Waals surface area (Å²) in [6.07, 6.45) is 0. The lowest BCUT2D eigenvalue weighted by atomic mass is 10.1. The smallest absolute Gasteiger partial charge is 0.267 e. The normalized spacial score (nSPS) is 10.9. The van der Waals surface area contributed by atoms with Crippen LogP contribution in [0.5, 0.6) is 17.2 Å². The number of carbonyl (C=O) groups is 1. The lowest BCUT2D eigenvalue weighted by Gasteiger charge is -2.17. The minimum Gasteiger partial charge on any atom is -0.490 e. The molecule has 2 heterocycles. The third kappa shape index (κ3) is 4.84. The highest BCUT2D eigenvalue weighted by atomic mass is 16.5. The van der Waals surface area contributed by atoms with E-state index in [-0.39, 0.29) is 35.7 Å². The first-order valence-electron chi connectivity index (χ1n) is 10.5. The Balaban J connectivity index is 1.79. The molecule has 0 spiro atoms. The van der Waals surface area contributed by atoms with Crippen molar-refractivity contribution in [3.05, 3.63) is 39.6 Å². The van der Waals surface area contributed by atoms with Crippen molar-refractivity contribution in [2.75, 3.05) is 19.8 Å². The number of hydrogen-bond acceptors (Lipinski definition) is 8. The maximum Gasteiger partial charge on any atom is 0.267 e. The topological polar surface area (TPSA) is 118 Å². The zero-order valence-electron chi connectivity index (χ0n) is 19.0. The van der Waals surface area contributed by atoms with Crippen molar-refractivity contribution in [1.29, 1.82) is 0 Å². The van der Waals surface area contributed by atoms with E-state index in [4.69, 9.17) is 18.7 Å². The Bertz CT molecular complexity index is 1140. The first kappa shape index (κ1) is 23.1. The Morgan fingerprint density at radius 1 is 1.06 bits per heavy atom. The van der Waals surface area contributed by atoms with Crippen molar-refractivity contribution in [3.8, 4) is 17.2 Å². The fraction of sp³-hybridized carbons (Fsp3) is 0.455. The third-order valence-corrected chi connectivity index (χ3v) is 4.72. The number of rotatable bonds is 10. The summed E-state index contributed by atoms with van der Waals surface area (Å²) >= 11 is 0. The summed E-state index contributed by atoms with van der Waals surface area (Å²) < 4.78 is 23.5. The molecule has 0 aliphatic heterocycles. The van der Waals surface area contributed by atoms with Crippen LogP contribution >= 0.6 is 0 Å². The van der Waals surface area contributed by atoms with Crippen molar-refractivity contribution in [1.82, 2.24) is 20.0 Å². The van der Waals surface area contributed by atoms with Gasteiger partial charge in [0.1, 0.15) is 17.8 Å². The van der Waals surface area contributed by atoms with Crippen LogP contribution in [0.15, 0.2) is 21.5 Å². The SMILES string of the molecule is CCOc1cc(CNC(=O)Cn2c(C)nc3onc(C)c3c2=O)cc(OCC)c1OCC. The van der Waals surface area contributed by atoms with Gasteiger partial charge in [0, 0.05) is 6.54 Å². The van der Waals surface area contributed by atoms with Gasteiger partial charge in [0.05, 0.1) is 25.5 Å². The Labute approximate surface area is 185 Å². The summed E-state index contributed by atoms with van der Waals surface area (Å²) in [6.45, 7) is 10.4. The van der Waals surface area contributed by atoms with E-state index in [2.05, 4.69) is 15.5 Å². The molecule has 172 valence electrons. The molecule has 2 aromatic heterocycles.